The summed E-state index contributed by atoms with van der Waals surface area (Å²) in [7, 11) is 0. The Morgan fingerprint density at radius 2 is 2.26 bits per heavy atom. The molecule has 0 aromatic carbocycles. The maximum atomic E-state index is 11.2. The molecule has 2 heterocycles. The van der Waals surface area contributed by atoms with Crippen LogP contribution in [-0.4, -0.2) is 28.6 Å². The number of anilines is 1. The predicted octanol–water partition coefficient (Wildman–Crippen LogP) is 3.28. The lowest BCUT2D eigenvalue weighted by Gasteiger charge is -2.26. The van der Waals surface area contributed by atoms with Gasteiger partial charge in [0.15, 0.2) is 0 Å². The molecule has 0 radical (unpaired) electrons. The van der Waals surface area contributed by atoms with Gasteiger partial charge in [0.05, 0.1) is 5.56 Å². The zero-order valence-corrected chi connectivity index (χ0v) is 11.9. The molecule has 19 heavy (non-hydrogen) atoms. The van der Waals surface area contributed by atoms with Crippen molar-refractivity contribution in [2.45, 2.75) is 52.0 Å². The molecule has 1 aliphatic heterocycles. The number of rotatable bonds is 4. The van der Waals surface area contributed by atoms with Crippen LogP contribution in [0.1, 0.15) is 62.0 Å². The summed E-state index contributed by atoms with van der Waals surface area (Å²) in [6, 6.07) is 3.90. The van der Waals surface area contributed by atoms with E-state index in [9.17, 15) is 9.90 Å². The molecular weight excluding hydrogens is 240 g/mol. The summed E-state index contributed by atoms with van der Waals surface area (Å²) in [5.41, 5.74) is 1.20. The fourth-order valence-corrected chi connectivity index (χ4v) is 2.67. The molecule has 0 amide bonds. The predicted molar refractivity (Wildman–Crippen MR) is 75.9 cm³/mol. The van der Waals surface area contributed by atoms with Gasteiger partial charge >= 0.3 is 5.97 Å². The maximum Gasteiger partial charge on any atom is 0.335 e. The van der Waals surface area contributed by atoms with Crippen molar-refractivity contribution in [3.05, 3.63) is 23.4 Å². The molecule has 1 saturated heterocycles. The fraction of sp³-hybridized carbons (Fsp3) is 0.600. The normalized spacial score (nSPS) is 19.2. The monoisotopic (exact) mass is 262 g/mol. The van der Waals surface area contributed by atoms with Crippen LogP contribution in [-0.2, 0) is 0 Å². The van der Waals surface area contributed by atoms with Gasteiger partial charge in [0.25, 0.3) is 0 Å². The lowest BCUT2D eigenvalue weighted by Crippen LogP contribution is -2.29. The van der Waals surface area contributed by atoms with Gasteiger partial charge in [-0.2, -0.15) is 0 Å². The molecule has 0 bridgehead atoms. The standard InChI is InChI=1S/C15H22N2O2/c1-4-12-6-5-7-17(12)14-9-11(15(18)19)8-13(16-14)10(2)3/h8-10,12H,4-7H2,1-3H3,(H,18,19). The third kappa shape index (κ3) is 2.88. The summed E-state index contributed by atoms with van der Waals surface area (Å²) < 4.78 is 0. The second-order valence-corrected chi connectivity index (χ2v) is 5.50. The number of aromatic carboxylic acids is 1. The smallest absolute Gasteiger partial charge is 0.335 e. The lowest BCUT2D eigenvalue weighted by molar-refractivity contribution is 0.0696. The van der Waals surface area contributed by atoms with Crippen LogP contribution in [0.15, 0.2) is 12.1 Å². The van der Waals surface area contributed by atoms with Gasteiger partial charge < -0.3 is 10.0 Å². The second kappa shape index (κ2) is 5.59. The number of pyridine rings is 1. The molecule has 2 rings (SSSR count). The van der Waals surface area contributed by atoms with Crippen LogP contribution < -0.4 is 4.90 Å². The first kappa shape index (κ1) is 13.8. The van der Waals surface area contributed by atoms with Crippen molar-refractivity contribution in [2.24, 2.45) is 0 Å². The molecule has 4 nitrogen and oxygen atoms in total. The molecule has 104 valence electrons. The molecule has 4 heteroatoms. The van der Waals surface area contributed by atoms with Crippen molar-refractivity contribution in [1.82, 2.24) is 4.98 Å². The van der Waals surface area contributed by atoms with Crippen LogP contribution in [0.25, 0.3) is 0 Å². The maximum absolute atomic E-state index is 11.2. The molecule has 1 unspecified atom stereocenters. The number of carboxylic acids is 1. The molecule has 1 fully saturated rings. The van der Waals surface area contributed by atoms with Gasteiger partial charge in [0.2, 0.25) is 0 Å². The van der Waals surface area contributed by atoms with E-state index in [1.807, 2.05) is 13.8 Å². The molecule has 1 aromatic rings. The Kier molecular flexibility index (Phi) is 4.08. The Morgan fingerprint density at radius 3 is 2.84 bits per heavy atom. The van der Waals surface area contributed by atoms with Crippen molar-refractivity contribution < 1.29 is 9.90 Å². The number of carbonyl (C=O) groups is 1. The third-order valence-corrected chi connectivity index (χ3v) is 3.81. The first-order chi connectivity index (χ1) is 9.02. The minimum atomic E-state index is -0.877. The first-order valence-corrected chi connectivity index (χ1v) is 7.04. The van der Waals surface area contributed by atoms with E-state index < -0.39 is 5.97 Å². The number of hydrogen-bond acceptors (Lipinski definition) is 3. The van der Waals surface area contributed by atoms with Crippen molar-refractivity contribution in [2.75, 3.05) is 11.4 Å². The minimum absolute atomic E-state index is 0.237. The van der Waals surface area contributed by atoms with Gasteiger partial charge in [-0.05, 0) is 37.3 Å². The van der Waals surface area contributed by atoms with E-state index in [2.05, 4.69) is 16.8 Å². The van der Waals surface area contributed by atoms with Crippen LogP contribution in [0.4, 0.5) is 5.82 Å². The lowest BCUT2D eigenvalue weighted by atomic mass is 10.1. The summed E-state index contributed by atoms with van der Waals surface area (Å²) in [5.74, 6) is 0.187. The molecule has 0 aliphatic carbocycles. The Bertz CT molecular complexity index is 471. The highest BCUT2D eigenvalue weighted by molar-refractivity contribution is 5.88. The van der Waals surface area contributed by atoms with E-state index in [4.69, 9.17) is 0 Å². The van der Waals surface area contributed by atoms with Gasteiger partial charge in [-0.25, -0.2) is 9.78 Å². The Labute approximate surface area is 114 Å². The largest absolute Gasteiger partial charge is 0.478 e. The summed E-state index contributed by atoms with van der Waals surface area (Å²) >= 11 is 0. The van der Waals surface area contributed by atoms with Crippen molar-refractivity contribution in [1.29, 1.82) is 0 Å². The van der Waals surface area contributed by atoms with E-state index in [-0.39, 0.29) is 5.92 Å². The Hall–Kier alpha value is -1.58. The molecular formula is C15H22N2O2. The van der Waals surface area contributed by atoms with Gasteiger partial charge in [-0.3, -0.25) is 0 Å². The number of nitrogens with zero attached hydrogens (tertiary/aromatic N) is 2. The molecule has 1 aromatic heterocycles. The summed E-state index contributed by atoms with van der Waals surface area (Å²) in [5, 5.41) is 9.24. The van der Waals surface area contributed by atoms with E-state index in [1.54, 1.807) is 12.1 Å². The van der Waals surface area contributed by atoms with Crippen LogP contribution in [0, 0.1) is 0 Å². The number of hydrogen-bond donors (Lipinski definition) is 1. The Morgan fingerprint density at radius 1 is 1.53 bits per heavy atom. The third-order valence-electron chi connectivity index (χ3n) is 3.81. The van der Waals surface area contributed by atoms with Crippen molar-refractivity contribution >= 4 is 11.8 Å². The van der Waals surface area contributed by atoms with E-state index in [0.29, 0.717) is 11.6 Å². The number of carboxylic acid groups (broad SMARTS) is 1. The summed E-state index contributed by atoms with van der Waals surface area (Å²) in [4.78, 5) is 18.2. The SMILES string of the molecule is CCC1CCCN1c1cc(C(=O)O)cc(C(C)C)n1. The summed E-state index contributed by atoms with van der Waals surface area (Å²) in [6.45, 7) is 7.23. The first-order valence-electron chi connectivity index (χ1n) is 7.04. The molecule has 0 saturated carbocycles. The molecule has 1 N–H and O–H groups in total. The highest BCUT2D eigenvalue weighted by Gasteiger charge is 2.25. The zero-order valence-electron chi connectivity index (χ0n) is 11.9. The fourth-order valence-electron chi connectivity index (χ4n) is 2.67. The van der Waals surface area contributed by atoms with Crippen LogP contribution in [0.2, 0.25) is 0 Å². The average molecular weight is 262 g/mol. The average Bonchev–Trinajstić information content (AvgIpc) is 2.86. The minimum Gasteiger partial charge on any atom is -0.478 e. The van der Waals surface area contributed by atoms with Gasteiger partial charge in [-0.15, -0.1) is 0 Å². The van der Waals surface area contributed by atoms with Gasteiger partial charge in [-0.1, -0.05) is 20.8 Å². The summed E-state index contributed by atoms with van der Waals surface area (Å²) in [6.07, 6.45) is 3.41. The van der Waals surface area contributed by atoms with Crippen molar-refractivity contribution in [3.8, 4) is 0 Å². The van der Waals surface area contributed by atoms with Crippen LogP contribution >= 0.6 is 0 Å². The second-order valence-electron chi connectivity index (χ2n) is 5.50. The molecule has 1 atom stereocenters. The highest BCUT2D eigenvalue weighted by atomic mass is 16.4. The van der Waals surface area contributed by atoms with E-state index >= 15 is 0 Å². The van der Waals surface area contributed by atoms with Crippen LogP contribution in [0.5, 0.6) is 0 Å². The Balaban J connectivity index is 2.41. The quantitative estimate of drug-likeness (QED) is 0.904. The molecule has 0 spiro atoms. The topological polar surface area (TPSA) is 53.4 Å². The van der Waals surface area contributed by atoms with Crippen molar-refractivity contribution in [3.63, 3.8) is 0 Å². The van der Waals surface area contributed by atoms with E-state index in [1.165, 1.54) is 6.42 Å². The molecule has 1 aliphatic rings. The zero-order chi connectivity index (χ0) is 14.0. The van der Waals surface area contributed by atoms with E-state index in [0.717, 1.165) is 30.9 Å². The highest BCUT2D eigenvalue weighted by Crippen LogP contribution is 2.28. The van der Waals surface area contributed by atoms with Gasteiger partial charge in [0.1, 0.15) is 5.82 Å². The number of aromatic nitrogens is 1. The van der Waals surface area contributed by atoms with Crippen LogP contribution in [0.3, 0.4) is 0 Å². The van der Waals surface area contributed by atoms with Gasteiger partial charge in [0, 0.05) is 18.3 Å².